The summed E-state index contributed by atoms with van der Waals surface area (Å²) in [7, 11) is 0. The zero-order valence-electron chi connectivity index (χ0n) is 11.9. The predicted octanol–water partition coefficient (Wildman–Crippen LogP) is 3.95. The Hall–Kier alpha value is -0.820. The quantitative estimate of drug-likeness (QED) is 0.774. The largest absolute Gasteiger partial charge is 0.316 e. The van der Waals surface area contributed by atoms with Crippen LogP contribution in [0.15, 0.2) is 24.3 Å². The number of hydrogen-bond acceptors (Lipinski definition) is 1. The van der Waals surface area contributed by atoms with Crippen LogP contribution in [0.25, 0.3) is 0 Å². The average molecular weight is 245 g/mol. The predicted molar refractivity (Wildman–Crippen MR) is 78.9 cm³/mol. The van der Waals surface area contributed by atoms with E-state index in [1.807, 2.05) is 0 Å². The van der Waals surface area contributed by atoms with E-state index in [9.17, 15) is 0 Å². The molecule has 0 bridgehead atoms. The van der Waals surface area contributed by atoms with Gasteiger partial charge >= 0.3 is 0 Å². The summed E-state index contributed by atoms with van der Waals surface area (Å²) in [6.45, 7) is 6.90. The second-order valence-electron chi connectivity index (χ2n) is 6.07. The lowest BCUT2D eigenvalue weighted by Gasteiger charge is -2.26. The van der Waals surface area contributed by atoms with Gasteiger partial charge in [0, 0.05) is 0 Å². The van der Waals surface area contributed by atoms with Crippen molar-refractivity contribution in [3.8, 4) is 0 Å². The van der Waals surface area contributed by atoms with Crippen molar-refractivity contribution in [2.75, 3.05) is 13.1 Å². The van der Waals surface area contributed by atoms with Crippen molar-refractivity contribution in [2.45, 2.75) is 46.0 Å². The van der Waals surface area contributed by atoms with Crippen molar-refractivity contribution in [1.29, 1.82) is 0 Å². The van der Waals surface area contributed by atoms with E-state index in [0.717, 1.165) is 24.8 Å². The molecule has 0 radical (unpaired) electrons. The van der Waals surface area contributed by atoms with Gasteiger partial charge in [-0.3, -0.25) is 0 Å². The van der Waals surface area contributed by atoms with Gasteiger partial charge in [0.1, 0.15) is 0 Å². The topological polar surface area (TPSA) is 12.0 Å². The van der Waals surface area contributed by atoms with Crippen LogP contribution < -0.4 is 5.32 Å². The standard InChI is InChI=1S/C17H27N/c1-14-6-8-17(9-7-14)13-18-11-10-16-5-3-4-15(2)12-16/h3-5,12,14,17-18H,6-11,13H2,1-2H3. The van der Waals surface area contributed by atoms with E-state index in [1.165, 1.54) is 43.4 Å². The lowest BCUT2D eigenvalue weighted by Crippen LogP contribution is -2.27. The van der Waals surface area contributed by atoms with E-state index in [-0.39, 0.29) is 0 Å². The first-order valence-electron chi connectivity index (χ1n) is 7.50. The molecule has 2 rings (SSSR count). The van der Waals surface area contributed by atoms with Crippen molar-refractivity contribution in [3.05, 3.63) is 35.4 Å². The fourth-order valence-electron chi connectivity index (χ4n) is 2.94. The van der Waals surface area contributed by atoms with Gasteiger partial charge < -0.3 is 5.32 Å². The van der Waals surface area contributed by atoms with Crippen LogP contribution in [0.5, 0.6) is 0 Å². The van der Waals surface area contributed by atoms with Crippen LogP contribution in [0.1, 0.15) is 43.7 Å². The van der Waals surface area contributed by atoms with E-state index >= 15 is 0 Å². The van der Waals surface area contributed by atoms with Crippen molar-refractivity contribution in [2.24, 2.45) is 11.8 Å². The molecule has 1 aromatic carbocycles. The summed E-state index contributed by atoms with van der Waals surface area (Å²) in [6.07, 6.45) is 6.89. The second-order valence-corrected chi connectivity index (χ2v) is 6.07. The molecule has 1 N–H and O–H groups in total. The molecule has 0 amide bonds. The number of benzene rings is 1. The summed E-state index contributed by atoms with van der Waals surface area (Å²) in [5.41, 5.74) is 2.83. The Labute approximate surface area is 112 Å². The summed E-state index contributed by atoms with van der Waals surface area (Å²) >= 11 is 0. The van der Waals surface area contributed by atoms with E-state index < -0.39 is 0 Å². The van der Waals surface area contributed by atoms with Gasteiger partial charge in [-0.05, 0) is 56.7 Å². The third-order valence-electron chi connectivity index (χ3n) is 4.24. The van der Waals surface area contributed by atoms with Gasteiger partial charge in [0.05, 0.1) is 0 Å². The molecule has 0 unspecified atom stereocenters. The van der Waals surface area contributed by atoms with Gasteiger partial charge in [-0.2, -0.15) is 0 Å². The molecule has 0 aromatic heterocycles. The lowest BCUT2D eigenvalue weighted by molar-refractivity contribution is 0.282. The molecular weight excluding hydrogens is 218 g/mol. The molecule has 0 heterocycles. The summed E-state index contributed by atoms with van der Waals surface area (Å²) in [5.74, 6) is 1.90. The van der Waals surface area contributed by atoms with Gasteiger partial charge in [0.2, 0.25) is 0 Å². The highest BCUT2D eigenvalue weighted by Crippen LogP contribution is 2.27. The maximum absolute atomic E-state index is 3.64. The molecular formula is C17H27N. The molecule has 1 aromatic rings. The molecule has 0 atom stereocenters. The van der Waals surface area contributed by atoms with Crippen LogP contribution in [0.4, 0.5) is 0 Å². The van der Waals surface area contributed by atoms with E-state index in [4.69, 9.17) is 0 Å². The molecule has 100 valence electrons. The highest BCUT2D eigenvalue weighted by molar-refractivity contribution is 5.22. The van der Waals surface area contributed by atoms with Crippen molar-refractivity contribution >= 4 is 0 Å². The fourth-order valence-corrected chi connectivity index (χ4v) is 2.94. The van der Waals surface area contributed by atoms with Crippen LogP contribution in [-0.4, -0.2) is 13.1 Å². The lowest BCUT2D eigenvalue weighted by atomic mass is 9.83. The Morgan fingerprint density at radius 2 is 1.94 bits per heavy atom. The first-order chi connectivity index (χ1) is 8.74. The molecule has 1 saturated carbocycles. The highest BCUT2D eigenvalue weighted by Gasteiger charge is 2.17. The monoisotopic (exact) mass is 245 g/mol. The molecule has 1 fully saturated rings. The molecule has 1 nitrogen and oxygen atoms in total. The molecule has 18 heavy (non-hydrogen) atoms. The third kappa shape index (κ3) is 4.45. The smallest absolute Gasteiger partial charge is 0.000823 e. The Morgan fingerprint density at radius 1 is 1.17 bits per heavy atom. The van der Waals surface area contributed by atoms with Crippen LogP contribution in [0.3, 0.4) is 0 Å². The van der Waals surface area contributed by atoms with E-state index in [2.05, 4.69) is 43.4 Å². The second kappa shape index (κ2) is 6.94. The van der Waals surface area contributed by atoms with Gasteiger partial charge in [-0.25, -0.2) is 0 Å². The molecule has 1 aliphatic carbocycles. The van der Waals surface area contributed by atoms with E-state index in [0.29, 0.717) is 0 Å². The first kappa shape index (κ1) is 13.6. The van der Waals surface area contributed by atoms with E-state index in [1.54, 1.807) is 0 Å². The van der Waals surface area contributed by atoms with Crippen LogP contribution in [-0.2, 0) is 6.42 Å². The Kier molecular flexibility index (Phi) is 5.25. The maximum atomic E-state index is 3.64. The number of rotatable bonds is 5. The minimum atomic E-state index is 0.929. The van der Waals surface area contributed by atoms with Gasteiger partial charge in [0.15, 0.2) is 0 Å². The molecule has 0 saturated heterocycles. The van der Waals surface area contributed by atoms with Crippen molar-refractivity contribution in [3.63, 3.8) is 0 Å². The summed E-state index contributed by atoms with van der Waals surface area (Å²) in [5, 5.41) is 3.64. The van der Waals surface area contributed by atoms with Gasteiger partial charge in [-0.15, -0.1) is 0 Å². The fraction of sp³-hybridized carbons (Fsp3) is 0.647. The Bertz CT molecular complexity index is 350. The summed E-state index contributed by atoms with van der Waals surface area (Å²) in [6, 6.07) is 8.86. The van der Waals surface area contributed by atoms with Gasteiger partial charge in [-0.1, -0.05) is 49.6 Å². The number of aryl methyl sites for hydroxylation is 1. The minimum absolute atomic E-state index is 0.929. The van der Waals surface area contributed by atoms with Crippen LogP contribution >= 0.6 is 0 Å². The summed E-state index contributed by atoms with van der Waals surface area (Å²) in [4.78, 5) is 0. The molecule has 1 heteroatoms. The average Bonchev–Trinajstić information content (AvgIpc) is 2.37. The first-order valence-corrected chi connectivity index (χ1v) is 7.50. The Balaban J connectivity index is 1.61. The van der Waals surface area contributed by atoms with Crippen LogP contribution in [0.2, 0.25) is 0 Å². The van der Waals surface area contributed by atoms with Crippen molar-refractivity contribution < 1.29 is 0 Å². The Morgan fingerprint density at radius 3 is 2.67 bits per heavy atom. The zero-order chi connectivity index (χ0) is 12.8. The molecule has 0 spiro atoms. The third-order valence-corrected chi connectivity index (χ3v) is 4.24. The molecule has 1 aliphatic rings. The number of nitrogens with one attached hydrogen (secondary N) is 1. The normalized spacial score (nSPS) is 24.1. The summed E-state index contributed by atoms with van der Waals surface area (Å²) < 4.78 is 0. The molecule has 0 aliphatic heterocycles. The zero-order valence-corrected chi connectivity index (χ0v) is 11.9. The van der Waals surface area contributed by atoms with Crippen LogP contribution in [0, 0.1) is 18.8 Å². The maximum Gasteiger partial charge on any atom is -0.000823 e. The minimum Gasteiger partial charge on any atom is -0.316 e. The number of hydrogen-bond donors (Lipinski definition) is 1. The van der Waals surface area contributed by atoms with Crippen molar-refractivity contribution in [1.82, 2.24) is 5.32 Å². The highest BCUT2D eigenvalue weighted by atomic mass is 14.9. The van der Waals surface area contributed by atoms with Gasteiger partial charge in [0.25, 0.3) is 0 Å². The SMILES string of the molecule is Cc1cccc(CCNCC2CCC(C)CC2)c1.